The predicted molar refractivity (Wildman–Crippen MR) is 84.7 cm³/mol. The highest BCUT2D eigenvalue weighted by molar-refractivity contribution is 7.19. The van der Waals surface area contributed by atoms with E-state index in [0.29, 0.717) is 39.7 Å². The standard InChI is InChI=1S/C15H21N3O2S/c1-2-9(19)13-11(16)10(14(17)20)15(21-13)18-12(7-3-4-7)8-5-6-8/h7-8,12,18H,2-6,16H2,1H3,(H2,17,20). The summed E-state index contributed by atoms with van der Waals surface area (Å²) in [4.78, 5) is 24.1. The molecule has 0 spiro atoms. The molecular formula is C15H21N3O2S. The number of ketones is 1. The van der Waals surface area contributed by atoms with Crippen LogP contribution in [0.5, 0.6) is 0 Å². The van der Waals surface area contributed by atoms with Crippen LogP contribution in [0, 0.1) is 11.8 Å². The minimum Gasteiger partial charge on any atom is -0.397 e. The molecule has 0 aromatic carbocycles. The summed E-state index contributed by atoms with van der Waals surface area (Å²) in [6, 6.07) is 0.394. The number of nitrogens with one attached hydrogen (secondary N) is 1. The van der Waals surface area contributed by atoms with Crippen molar-refractivity contribution in [3.05, 3.63) is 10.4 Å². The topological polar surface area (TPSA) is 98.2 Å². The van der Waals surface area contributed by atoms with Gasteiger partial charge in [0, 0.05) is 12.5 Å². The van der Waals surface area contributed by atoms with E-state index < -0.39 is 5.91 Å². The van der Waals surface area contributed by atoms with Gasteiger partial charge in [-0.2, -0.15) is 0 Å². The van der Waals surface area contributed by atoms with Crippen molar-refractivity contribution in [1.29, 1.82) is 0 Å². The lowest BCUT2D eigenvalue weighted by atomic mass is 10.1. The largest absolute Gasteiger partial charge is 0.397 e. The van der Waals surface area contributed by atoms with Crippen molar-refractivity contribution in [3.8, 4) is 0 Å². The molecule has 0 atom stereocenters. The molecule has 0 radical (unpaired) electrons. The molecular weight excluding hydrogens is 286 g/mol. The van der Waals surface area contributed by atoms with E-state index in [0.717, 1.165) is 0 Å². The highest BCUT2D eigenvalue weighted by atomic mass is 32.1. The molecule has 114 valence electrons. The first-order valence-electron chi connectivity index (χ1n) is 7.54. The number of primary amides is 1. The summed E-state index contributed by atoms with van der Waals surface area (Å²) in [5.74, 6) is 0.771. The Morgan fingerprint density at radius 1 is 1.29 bits per heavy atom. The highest BCUT2D eigenvalue weighted by Gasteiger charge is 2.42. The first-order chi connectivity index (χ1) is 10.0. The molecule has 1 aromatic heterocycles. The summed E-state index contributed by atoms with van der Waals surface area (Å²) in [6.45, 7) is 1.79. The molecule has 2 aliphatic rings. The van der Waals surface area contributed by atoms with Crippen molar-refractivity contribution < 1.29 is 9.59 Å². The van der Waals surface area contributed by atoms with Gasteiger partial charge < -0.3 is 16.8 Å². The number of amides is 1. The Morgan fingerprint density at radius 2 is 1.86 bits per heavy atom. The van der Waals surface area contributed by atoms with Gasteiger partial charge in [0.15, 0.2) is 5.78 Å². The Bertz CT molecular complexity index is 576. The molecule has 5 N–H and O–H groups in total. The molecule has 0 unspecified atom stereocenters. The van der Waals surface area contributed by atoms with E-state index in [2.05, 4.69) is 5.32 Å². The maximum absolute atomic E-state index is 12.0. The van der Waals surface area contributed by atoms with Gasteiger partial charge in [0.25, 0.3) is 5.91 Å². The molecule has 2 aliphatic carbocycles. The van der Waals surface area contributed by atoms with Crippen molar-refractivity contribution >= 4 is 33.7 Å². The number of nitrogens with two attached hydrogens (primary N) is 2. The SMILES string of the molecule is CCC(=O)c1sc(NC(C2CC2)C2CC2)c(C(N)=O)c1N. The van der Waals surface area contributed by atoms with Crippen LogP contribution in [0.2, 0.25) is 0 Å². The van der Waals surface area contributed by atoms with Gasteiger partial charge in [-0.3, -0.25) is 9.59 Å². The molecule has 5 nitrogen and oxygen atoms in total. The Balaban J connectivity index is 1.92. The molecule has 2 saturated carbocycles. The van der Waals surface area contributed by atoms with Crippen LogP contribution >= 0.6 is 11.3 Å². The van der Waals surface area contributed by atoms with Crippen LogP contribution in [-0.4, -0.2) is 17.7 Å². The lowest BCUT2D eigenvalue weighted by Crippen LogP contribution is -2.25. The summed E-state index contributed by atoms with van der Waals surface area (Å²) in [6.07, 6.45) is 5.32. The first-order valence-corrected chi connectivity index (χ1v) is 8.36. The van der Waals surface area contributed by atoms with Crippen LogP contribution in [-0.2, 0) is 0 Å². The van der Waals surface area contributed by atoms with E-state index in [1.54, 1.807) is 6.92 Å². The zero-order chi connectivity index (χ0) is 15.1. The number of Topliss-reactive ketones (excluding diaryl/α,β-unsaturated/α-hetero) is 1. The lowest BCUT2D eigenvalue weighted by molar-refractivity contribution is 0.0991. The Labute approximate surface area is 128 Å². The first kappa shape index (κ1) is 14.4. The van der Waals surface area contributed by atoms with Gasteiger partial charge >= 0.3 is 0 Å². The Kier molecular flexibility index (Phi) is 3.65. The average molecular weight is 307 g/mol. The fourth-order valence-electron chi connectivity index (χ4n) is 2.84. The van der Waals surface area contributed by atoms with Crippen LogP contribution in [0.25, 0.3) is 0 Å². The van der Waals surface area contributed by atoms with Crippen LogP contribution in [0.3, 0.4) is 0 Å². The minimum atomic E-state index is -0.563. The van der Waals surface area contributed by atoms with Crippen LogP contribution in [0.1, 0.15) is 59.1 Å². The molecule has 21 heavy (non-hydrogen) atoms. The molecule has 0 aliphatic heterocycles. The zero-order valence-electron chi connectivity index (χ0n) is 12.1. The summed E-state index contributed by atoms with van der Waals surface area (Å²) in [7, 11) is 0. The molecule has 2 fully saturated rings. The van der Waals surface area contributed by atoms with Crippen LogP contribution < -0.4 is 16.8 Å². The molecule has 1 amide bonds. The quantitative estimate of drug-likeness (QED) is 0.674. The van der Waals surface area contributed by atoms with Crippen molar-refractivity contribution in [2.75, 3.05) is 11.1 Å². The van der Waals surface area contributed by atoms with Gasteiger partial charge in [0.1, 0.15) is 5.00 Å². The number of rotatable bonds is 7. The summed E-state index contributed by atoms with van der Waals surface area (Å²) in [5, 5.41) is 4.16. The number of carbonyl (C=O) groups is 2. The molecule has 6 heteroatoms. The van der Waals surface area contributed by atoms with Crippen LogP contribution in [0.15, 0.2) is 0 Å². The lowest BCUT2D eigenvalue weighted by Gasteiger charge is -2.18. The van der Waals surface area contributed by atoms with Gasteiger partial charge in [-0.25, -0.2) is 0 Å². The third-order valence-corrected chi connectivity index (χ3v) is 5.50. The minimum absolute atomic E-state index is 0.0394. The van der Waals surface area contributed by atoms with Crippen molar-refractivity contribution in [3.63, 3.8) is 0 Å². The fourth-order valence-corrected chi connectivity index (χ4v) is 4.02. The van der Waals surface area contributed by atoms with E-state index in [-0.39, 0.29) is 11.5 Å². The third kappa shape index (κ3) is 2.77. The normalized spacial score (nSPS) is 18.0. The molecule has 1 heterocycles. The van der Waals surface area contributed by atoms with E-state index in [4.69, 9.17) is 11.5 Å². The van der Waals surface area contributed by atoms with E-state index >= 15 is 0 Å². The fraction of sp³-hybridized carbons (Fsp3) is 0.600. The predicted octanol–water partition coefficient (Wildman–Crippen LogP) is 2.62. The monoisotopic (exact) mass is 307 g/mol. The maximum Gasteiger partial charge on any atom is 0.253 e. The van der Waals surface area contributed by atoms with Gasteiger partial charge in [0.05, 0.1) is 16.1 Å². The smallest absolute Gasteiger partial charge is 0.253 e. The number of hydrogen-bond donors (Lipinski definition) is 3. The van der Waals surface area contributed by atoms with Gasteiger partial charge in [0.2, 0.25) is 0 Å². The van der Waals surface area contributed by atoms with E-state index in [1.165, 1.54) is 37.0 Å². The van der Waals surface area contributed by atoms with E-state index in [1.807, 2.05) is 0 Å². The summed E-state index contributed by atoms with van der Waals surface area (Å²) in [5.41, 5.74) is 12.0. The summed E-state index contributed by atoms with van der Waals surface area (Å²) < 4.78 is 0. The van der Waals surface area contributed by atoms with E-state index in [9.17, 15) is 9.59 Å². The van der Waals surface area contributed by atoms with Gasteiger partial charge in [-0.15, -0.1) is 11.3 Å². The molecule has 3 rings (SSSR count). The number of hydrogen-bond acceptors (Lipinski definition) is 5. The highest BCUT2D eigenvalue weighted by Crippen LogP contribution is 2.47. The number of carbonyl (C=O) groups excluding carboxylic acids is 2. The van der Waals surface area contributed by atoms with Gasteiger partial charge in [-0.05, 0) is 37.5 Å². The second-order valence-electron chi connectivity index (χ2n) is 6.03. The van der Waals surface area contributed by atoms with Crippen molar-refractivity contribution in [1.82, 2.24) is 0 Å². The van der Waals surface area contributed by atoms with Gasteiger partial charge in [-0.1, -0.05) is 6.92 Å². The molecule has 0 saturated heterocycles. The Morgan fingerprint density at radius 3 is 2.29 bits per heavy atom. The Hall–Kier alpha value is -1.56. The second kappa shape index (κ2) is 5.33. The number of anilines is 2. The number of thiophene rings is 1. The maximum atomic E-state index is 12.0. The molecule has 0 bridgehead atoms. The zero-order valence-corrected chi connectivity index (χ0v) is 13.0. The van der Waals surface area contributed by atoms with Crippen molar-refractivity contribution in [2.24, 2.45) is 17.6 Å². The number of nitrogen functional groups attached to an aromatic ring is 1. The third-order valence-electron chi connectivity index (χ3n) is 4.32. The van der Waals surface area contributed by atoms with Crippen LogP contribution in [0.4, 0.5) is 10.7 Å². The van der Waals surface area contributed by atoms with Crippen molar-refractivity contribution in [2.45, 2.75) is 45.1 Å². The molecule has 1 aromatic rings. The summed E-state index contributed by atoms with van der Waals surface area (Å²) >= 11 is 1.28. The average Bonchev–Trinajstić information content (AvgIpc) is 3.33. The second-order valence-corrected chi connectivity index (χ2v) is 7.06.